The molecule has 1 atom stereocenters. The largest absolute Gasteiger partial charge is 0.354 e. The Hall–Kier alpha value is -1.88. The van der Waals surface area contributed by atoms with Crippen molar-refractivity contribution in [3.63, 3.8) is 0 Å². The van der Waals surface area contributed by atoms with Gasteiger partial charge in [-0.15, -0.1) is 0 Å². The summed E-state index contributed by atoms with van der Waals surface area (Å²) in [5, 5.41) is 8.75. The van der Waals surface area contributed by atoms with Crippen molar-refractivity contribution in [3.05, 3.63) is 35.9 Å². The first kappa shape index (κ1) is 18.2. The van der Waals surface area contributed by atoms with E-state index < -0.39 is 6.04 Å². The van der Waals surface area contributed by atoms with E-state index in [2.05, 4.69) is 16.0 Å². The van der Waals surface area contributed by atoms with Crippen LogP contribution in [0.1, 0.15) is 25.8 Å². The second-order valence-electron chi connectivity index (χ2n) is 5.70. The molecule has 0 aliphatic rings. The van der Waals surface area contributed by atoms with Gasteiger partial charge < -0.3 is 16.0 Å². The number of carbonyl (C=O) groups excluding carboxylic acids is 2. The van der Waals surface area contributed by atoms with Crippen LogP contribution in [0.3, 0.4) is 0 Å². The second-order valence-corrected chi connectivity index (χ2v) is 5.70. The van der Waals surface area contributed by atoms with E-state index >= 15 is 0 Å². The molecule has 0 saturated carbocycles. The highest BCUT2D eigenvalue weighted by Gasteiger charge is 2.23. The van der Waals surface area contributed by atoms with E-state index in [-0.39, 0.29) is 24.2 Å². The molecule has 0 heterocycles. The number of nitrogens with one attached hydrogen (secondary N) is 3. The minimum absolute atomic E-state index is 0.0454. The lowest BCUT2D eigenvalue weighted by molar-refractivity contribution is -0.129. The Kier molecular flexibility index (Phi) is 8.22. The number of benzene rings is 1. The monoisotopic (exact) mass is 305 g/mol. The Morgan fingerprint density at radius 2 is 1.77 bits per heavy atom. The van der Waals surface area contributed by atoms with Crippen LogP contribution in [-0.2, 0) is 16.0 Å². The van der Waals surface area contributed by atoms with E-state index in [4.69, 9.17) is 0 Å². The lowest BCUT2D eigenvalue weighted by atomic mass is 10.0. The number of hydrogen-bond donors (Lipinski definition) is 3. The Bertz CT molecular complexity index is 460. The molecule has 0 aromatic heterocycles. The van der Waals surface area contributed by atoms with E-state index in [1.807, 2.05) is 51.2 Å². The summed E-state index contributed by atoms with van der Waals surface area (Å²) in [6, 6.07) is 9.03. The van der Waals surface area contributed by atoms with Crippen molar-refractivity contribution >= 4 is 11.8 Å². The van der Waals surface area contributed by atoms with Crippen molar-refractivity contribution in [2.75, 3.05) is 20.1 Å². The Balaban J connectivity index is 2.49. The molecule has 1 rings (SSSR count). The Labute approximate surface area is 132 Å². The van der Waals surface area contributed by atoms with E-state index in [1.54, 1.807) is 0 Å². The van der Waals surface area contributed by atoms with Crippen LogP contribution in [0.15, 0.2) is 30.3 Å². The van der Waals surface area contributed by atoms with Gasteiger partial charge in [0.25, 0.3) is 0 Å². The fourth-order valence-corrected chi connectivity index (χ4v) is 2.13. The first-order valence-corrected chi connectivity index (χ1v) is 7.80. The first-order chi connectivity index (χ1) is 10.5. The van der Waals surface area contributed by atoms with Gasteiger partial charge in [0, 0.05) is 6.54 Å². The van der Waals surface area contributed by atoms with Crippen molar-refractivity contribution in [3.8, 4) is 0 Å². The minimum atomic E-state index is -0.495. The molecule has 22 heavy (non-hydrogen) atoms. The minimum Gasteiger partial charge on any atom is -0.354 e. The van der Waals surface area contributed by atoms with Gasteiger partial charge in [-0.05, 0) is 31.5 Å². The van der Waals surface area contributed by atoms with Gasteiger partial charge in [0.1, 0.15) is 6.04 Å². The van der Waals surface area contributed by atoms with Gasteiger partial charge >= 0.3 is 0 Å². The van der Waals surface area contributed by atoms with Gasteiger partial charge in [0.2, 0.25) is 11.8 Å². The summed E-state index contributed by atoms with van der Waals surface area (Å²) >= 11 is 0. The highest BCUT2D eigenvalue weighted by molar-refractivity contribution is 5.88. The number of carbonyl (C=O) groups is 2. The number of amides is 2. The molecule has 2 amide bonds. The highest BCUT2D eigenvalue weighted by Crippen LogP contribution is 2.04. The molecule has 0 aliphatic heterocycles. The summed E-state index contributed by atoms with van der Waals surface area (Å²) in [4.78, 5) is 24.3. The zero-order valence-corrected chi connectivity index (χ0v) is 13.7. The Morgan fingerprint density at radius 1 is 1.09 bits per heavy atom. The van der Waals surface area contributed by atoms with E-state index in [1.165, 1.54) is 0 Å². The first-order valence-electron chi connectivity index (χ1n) is 7.80. The molecule has 122 valence electrons. The normalized spacial score (nSPS) is 12.0. The zero-order chi connectivity index (χ0) is 16.4. The maximum absolute atomic E-state index is 12.2. The zero-order valence-electron chi connectivity index (χ0n) is 13.7. The molecule has 0 bridgehead atoms. The van der Waals surface area contributed by atoms with Crippen LogP contribution < -0.4 is 16.0 Å². The number of rotatable bonds is 9. The highest BCUT2D eigenvalue weighted by atomic mass is 16.2. The fraction of sp³-hybridized carbons (Fsp3) is 0.529. The van der Waals surface area contributed by atoms with Crippen LogP contribution in [0.4, 0.5) is 0 Å². The molecule has 1 unspecified atom stereocenters. The van der Waals surface area contributed by atoms with E-state index in [9.17, 15) is 9.59 Å². The molecular formula is C17H27N3O2. The van der Waals surface area contributed by atoms with Crippen LogP contribution in [0.2, 0.25) is 0 Å². The maximum atomic E-state index is 12.2. The summed E-state index contributed by atoms with van der Waals surface area (Å²) in [5.74, 6) is -0.202. The van der Waals surface area contributed by atoms with E-state index in [0.717, 1.165) is 18.5 Å². The predicted octanol–water partition coefficient (Wildman–Crippen LogP) is 1.10. The van der Waals surface area contributed by atoms with Crippen LogP contribution in [0, 0.1) is 5.92 Å². The molecule has 0 saturated heterocycles. The number of hydrogen-bond acceptors (Lipinski definition) is 3. The van der Waals surface area contributed by atoms with Crippen LogP contribution in [0.5, 0.6) is 0 Å². The van der Waals surface area contributed by atoms with Gasteiger partial charge in [0.05, 0.1) is 6.42 Å². The Morgan fingerprint density at radius 3 is 2.36 bits per heavy atom. The molecule has 0 spiro atoms. The van der Waals surface area contributed by atoms with Crippen molar-refractivity contribution < 1.29 is 9.59 Å². The standard InChI is InChI=1S/C17H27N3O2/c1-13(2)16(17(22)19-11-7-10-18-3)20-15(21)12-14-8-5-4-6-9-14/h4-6,8-9,13,16,18H,7,10-12H2,1-3H3,(H,19,22)(H,20,21). The summed E-state index contributed by atoms with van der Waals surface area (Å²) in [5.41, 5.74) is 0.942. The van der Waals surface area contributed by atoms with Gasteiger partial charge in [-0.2, -0.15) is 0 Å². The fourth-order valence-electron chi connectivity index (χ4n) is 2.13. The molecule has 5 heteroatoms. The lowest BCUT2D eigenvalue weighted by Gasteiger charge is -2.21. The molecule has 0 aliphatic carbocycles. The topological polar surface area (TPSA) is 70.2 Å². The van der Waals surface area contributed by atoms with Gasteiger partial charge in [-0.1, -0.05) is 44.2 Å². The molecule has 5 nitrogen and oxygen atoms in total. The SMILES string of the molecule is CNCCCNC(=O)C(NC(=O)Cc1ccccc1)C(C)C. The third-order valence-corrected chi connectivity index (χ3v) is 3.38. The second kappa shape index (κ2) is 9.95. The smallest absolute Gasteiger partial charge is 0.242 e. The molecule has 0 fully saturated rings. The molecule has 0 radical (unpaired) electrons. The third-order valence-electron chi connectivity index (χ3n) is 3.38. The third kappa shape index (κ3) is 6.72. The summed E-state index contributed by atoms with van der Waals surface area (Å²) < 4.78 is 0. The summed E-state index contributed by atoms with van der Waals surface area (Å²) in [7, 11) is 1.88. The van der Waals surface area contributed by atoms with Gasteiger partial charge in [-0.25, -0.2) is 0 Å². The quantitative estimate of drug-likeness (QED) is 0.598. The average Bonchev–Trinajstić information content (AvgIpc) is 2.49. The van der Waals surface area contributed by atoms with E-state index in [0.29, 0.717) is 6.54 Å². The maximum Gasteiger partial charge on any atom is 0.242 e. The molecule has 1 aromatic rings. The summed E-state index contributed by atoms with van der Waals surface area (Å²) in [6.45, 7) is 5.33. The predicted molar refractivity (Wildman–Crippen MR) is 88.5 cm³/mol. The van der Waals surface area contributed by atoms with Crippen molar-refractivity contribution in [2.24, 2.45) is 5.92 Å². The van der Waals surface area contributed by atoms with Gasteiger partial charge in [-0.3, -0.25) is 9.59 Å². The molecule has 3 N–H and O–H groups in total. The summed E-state index contributed by atoms with van der Waals surface area (Å²) in [6.07, 6.45) is 1.15. The van der Waals surface area contributed by atoms with Crippen LogP contribution in [-0.4, -0.2) is 38.0 Å². The van der Waals surface area contributed by atoms with Crippen LogP contribution >= 0.6 is 0 Å². The van der Waals surface area contributed by atoms with Crippen LogP contribution in [0.25, 0.3) is 0 Å². The van der Waals surface area contributed by atoms with Gasteiger partial charge in [0.15, 0.2) is 0 Å². The molecule has 1 aromatic carbocycles. The molecular weight excluding hydrogens is 278 g/mol. The lowest BCUT2D eigenvalue weighted by Crippen LogP contribution is -2.50. The van der Waals surface area contributed by atoms with Crippen molar-refractivity contribution in [1.82, 2.24) is 16.0 Å². The van der Waals surface area contributed by atoms with Crippen molar-refractivity contribution in [1.29, 1.82) is 0 Å². The average molecular weight is 305 g/mol. The van der Waals surface area contributed by atoms with Crippen molar-refractivity contribution in [2.45, 2.75) is 32.7 Å².